The number of anilines is 1. The van der Waals surface area contributed by atoms with Crippen molar-refractivity contribution >= 4 is 17.0 Å². The van der Waals surface area contributed by atoms with Crippen molar-refractivity contribution in [1.82, 2.24) is 20.2 Å². The summed E-state index contributed by atoms with van der Waals surface area (Å²) in [5.74, 6) is -2.52. The van der Waals surface area contributed by atoms with Crippen LogP contribution in [0, 0.1) is 22.6 Å². The molecule has 7 nitrogen and oxygen atoms in total. The molecule has 3 heterocycles. The number of H-pyrrole nitrogens is 1. The summed E-state index contributed by atoms with van der Waals surface area (Å²) in [5, 5.41) is 25.5. The summed E-state index contributed by atoms with van der Waals surface area (Å²) >= 11 is 0. The molecule has 4 rings (SSSR count). The van der Waals surface area contributed by atoms with Crippen molar-refractivity contribution in [3.8, 4) is 23.1 Å². The van der Waals surface area contributed by atoms with Gasteiger partial charge in [-0.25, -0.2) is 9.37 Å². The van der Waals surface area contributed by atoms with Gasteiger partial charge in [-0.2, -0.15) is 28.5 Å². The Balaban J connectivity index is 1.74. The molecule has 0 unspecified atom stereocenters. The number of halogens is 4. The van der Waals surface area contributed by atoms with Crippen LogP contribution in [0.2, 0.25) is 0 Å². The Morgan fingerprint density at radius 1 is 1.32 bits per heavy atom. The van der Waals surface area contributed by atoms with E-state index in [0.29, 0.717) is 30.5 Å². The van der Waals surface area contributed by atoms with Crippen LogP contribution in [0.4, 0.5) is 23.5 Å². The maximum Gasteiger partial charge on any atom is 0.419 e. The second-order valence-electron chi connectivity index (χ2n) is 6.89. The number of fused-ring (bicyclic) bond motifs is 1. The summed E-state index contributed by atoms with van der Waals surface area (Å²) in [6.45, 7) is 2.72. The lowest BCUT2D eigenvalue weighted by Gasteiger charge is -2.43. The smallest absolute Gasteiger partial charge is 0.419 e. The molecule has 11 heteroatoms. The summed E-state index contributed by atoms with van der Waals surface area (Å²) in [4.78, 5) is 10.2. The van der Waals surface area contributed by atoms with Gasteiger partial charge in [-0.3, -0.25) is 5.10 Å². The van der Waals surface area contributed by atoms with E-state index < -0.39 is 28.7 Å². The first-order valence-electron chi connectivity index (χ1n) is 8.09. The van der Waals surface area contributed by atoms with Crippen LogP contribution in [0.5, 0.6) is 5.75 Å². The van der Waals surface area contributed by atoms with Gasteiger partial charge in [-0.15, -0.1) is 0 Å². The van der Waals surface area contributed by atoms with Gasteiger partial charge in [0.1, 0.15) is 0 Å². The van der Waals surface area contributed by atoms with Crippen molar-refractivity contribution < 1.29 is 22.7 Å². The molecule has 1 fully saturated rings. The molecule has 1 saturated heterocycles. The minimum absolute atomic E-state index is 0.105. The van der Waals surface area contributed by atoms with Crippen molar-refractivity contribution in [3.05, 3.63) is 29.7 Å². The average Bonchev–Trinajstić information content (AvgIpc) is 3.03. The minimum atomic E-state index is -4.97. The summed E-state index contributed by atoms with van der Waals surface area (Å²) in [6.07, 6.45) is -3.59. The van der Waals surface area contributed by atoms with Crippen LogP contribution < -0.4 is 4.90 Å². The summed E-state index contributed by atoms with van der Waals surface area (Å²) in [7, 11) is 0. The molecule has 0 radical (unpaired) electrons. The third-order valence-corrected chi connectivity index (χ3v) is 4.58. The largest absolute Gasteiger partial charge is 0.505 e. The normalized spacial score (nSPS) is 16.1. The van der Waals surface area contributed by atoms with E-state index in [1.165, 1.54) is 6.20 Å². The molecule has 1 aliphatic rings. The Bertz CT molecular complexity index is 1130. The fourth-order valence-electron chi connectivity index (χ4n) is 3.13. The topological polar surface area (TPSA) is 102 Å². The van der Waals surface area contributed by atoms with E-state index in [4.69, 9.17) is 5.26 Å². The molecular formula is C17H12F4N6O. The van der Waals surface area contributed by atoms with E-state index in [1.807, 2.05) is 6.92 Å². The first-order valence-corrected chi connectivity index (χ1v) is 8.09. The lowest BCUT2D eigenvalue weighted by Crippen LogP contribution is -2.54. The molecule has 0 spiro atoms. The number of benzene rings is 1. The Morgan fingerprint density at radius 3 is 2.68 bits per heavy atom. The zero-order valence-corrected chi connectivity index (χ0v) is 14.3. The van der Waals surface area contributed by atoms with E-state index in [9.17, 15) is 22.7 Å². The molecule has 0 atom stereocenters. The van der Waals surface area contributed by atoms with Gasteiger partial charge in [-0.05, 0) is 19.1 Å². The highest BCUT2D eigenvalue weighted by Crippen LogP contribution is 2.39. The summed E-state index contributed by atoms with van der Waals surface area (Å²) in [5.41, 5.74) is -1.85. The lowest BCUT2D eigenvalue weighted by molar-refractivity contribution is -0.140. The van der Waals surface area contributed by atoms with Crippen molar-refractivity contribution in [2.75, 3.05) is 18.0 Å². The Morgan fingerprint density at radius 2 is 2.04 bits per heavy atom. The Labute approximate surface area is 155 Å². The standard InChI is InChI=1S/C17H12F4N6O/c1-16(5-22)6-27(7-16)15-23-4-9-13(25-26-14(9)24-15)8-2-10(17(19,20)21)12(18)11(28)3-8/h2-4,28H,6-7H2,1H3,(H,23,24,25,26). The number of phenols is 1. The molecule has 3 aromatic rings. The number of rotatable bonds is 2. The van der Waals surface area contributed by atoms with E-state index in [2.05, 4.69) is 26.2 Å². The number of hydrogen-bond donors (Lipinski definition) is 2. The molecule has 1 aliphatic heterocycles. The van der Waals surface area contributed by atoms with Crippen LogP contribution in [0.25, 0.3) is 22.3 Å². The van der Waals surface area contributed by atoms with E-state index >= 15 is 0 Å². The molecule has 2 N–H and O–H groups in total. The van der Waals surface area contributed by atoms with E-state index in [0.717, 1.165) is 6.07 Å². The number of aromatic amines is 1. The highest BCUT2D eigenvalue weighted by molar-refractivity contribution is 5.91. The van der Waals surface area contributed by atoms with Crippen LogP contribution >= 0.6 is 0 Å². The third-order valence-electron chi connectivity index (χ3n) is 4.58. The maximum atomic E-state index is 13.7. The summed E-state index contributed by atoms with van der Waals surface area (Å²) < 4.78 is 52.7. The molecular weight excluding hydrogens is 380 g/mol. The number of hydrogen-bond acceptors (Lipinski definition) is 6. The van der Waals surface area contributed by atoms with Crippen LogP contribution in [0.1, 0.15) is 12.5 Å². The van der Waals surface area contributed by atoms with Crippen LogP contribution in [0.15, 0.2) is 18.3 Å². The quantitative estimate of drug-likeness (QED) is 0.650. The second kappa shape index (κ2) is 5.79. The number of alkyl halides is 3. The number of nitrogens with zero attached hydrogens (tertiary/aromatic N) is 5. The summed E-state index contributed by atoms with van der Waals surface area (Å²) in [6, 6.07) is 3.66. The van der Waals surface area contributed by atoms with E-state index in [-0.39, 0.29) is 16.9 Å². The van der Waals surface area contributed by atoms with Crippen LogP contribution in [-0.4, -0.2) is 38.4 Å². The molecule has 0 aliphatic carbocycles. The van der Waals surface area contributed by atoms with Gasteiger partial charge < -0.3 is 10.0 Å². The number of phenolic OH excluding ortho intramolecular Hbond substituents is 1. The number of aromatic nitrogens is 4. The van der Waals surface area contributed by atoms with Crippen LogP contribution in [0.3, 0.4) is 0 Å². The van der Waals surface area contributed by atoms with Crippen molar-refractivity contribution in [2.24, 2.45) is 5.41 Å². The number of nitrogens with one attached hydrogen (secondary N) is 1. The van der Waals surface area contributed by atoms with Gasteiger partial charge >= 0.3 is 6.18 Å². The molecule has 0 bridgehead atoms. The minimum Gasteiger partial charge on any atom is -0.505 e. The van der Waals surface area contributed by atoms with Gasteiger partial charge in [-0.1, -0.05) is 0 Å². The highest BCUT2D eigenvalue weighted by Gasteiger charge is 2.40. The zero-order valence-electron chi connectivity index (χ0n) is 14.3. The first kappa shape index (κ1) is 18.0. The fraction of sp³-hybridized carbons (Fsp3) is 0.294. The third kappa shape index (κ3) is 2.77. The van der Waals surface area contributed by atoms with Gasteiger partial charge in [0, 0.05) is 24.8 Å². The molecule has 1 aromatic carbocycles. The molecule has 0 amide bonds. The van der Waals surface area contributed by atoms with Gasteiger partial charge in [0.25, 0.3) is 0 Å². The average molecular weight is 392 g/mol. The monoisotopic (exact) mass is 392 g/mol. The molecule has 2 aromatic heterocycles. The molecule has 28 heavy (non-hydrogen) atoms. The molecule has 0 saturated carbocycles. The lowest BCUT2D eigenvalue weighted by atomic mass is 9.84. The first-order chi connectivity index (χ1) is 13.1. The van der Waals surface area contributed by atoms with Crippen molar-refractivity contribution in [1.29, 1.82) is 5.26 Å². The van der Waals surface area contributed by atoms with E-state index in [1.54, 1.807) is 4.90 Å². The maximum absolute atomic E-state index is 13.7. The van der Waals surface area contributed by atoms with Crippen molar-refractivity contribution in [2.45, 2.75) is 13.1 Å². The second-order valence-corrected chi connectivity index (χ2v) is 6.89. The fourth-order valence-corrected chi connectivity index (χ4v) is 3.13. The predicted molar refractivity (Wildman–Crippen MR) is 89.7 cm³/mol. The SMILES string of the molecule is CC1(C#N)CN(c2ncc3c(-c4cc(O)c(F)c(C(F)(F)F)c4)[nH]nc3n2)C1. The van der Waals surface area contributed by atoms with Crippen molar-refractivity contribution in [3.63, 3.8) is 0 Å². The van der Waals surface area contributed by atoms with Gasteiger partial charge in [0.2, 0.25) is 5.95 Å². The number of nitriles is 1. The highest BCUT2D eigenvalue weighted by atomic mass is 19.4. The van der Waals surface area contributed by atoms with Crippen LogP contribution in [-0.2, 0) is 6.18 Å². The zero-order chi connectivity index (χ0) is 20.3. The molecule has 144 valence electrons. The predicted octanol–water partition coefficient (Wildman–Crippen LogP) is 3.23. The Hall–Kier alpha value is -3.42. The van der Waals surface area contributed by atoms with Gasteiger partial charge in [0.05, 0.1) is 28.1 Å². The number of aromatic hydroxyl groups is 1. The van der Waals surface area contributed by atoms with Gasteiger partial charge in [0.15, 0.2) is 17.2 Å². The Kier molecular flexibility index (Phi) is 3.71.